The largest absolute Gasteiger partial charge is 0.383 e. The van der Waals surface area contributed by atoms with Crippen LogP contribution in [0.3, 0.4) is 0 Å². The number of aryl methyl sites for hydroxylation is 1. The van der Waals surface area contributed by atoms with Gasteiger partial charge in [0, 0.05) is 9.35 Å². The van der Waals surface area contributed by atoms with Crippen LogP contribution in [0.4, 0.5) is 0 Å². The maximum Gasteiger partial charge on any atom is 0.113 e. The molecule has 1 aromatic heterocycles. The van der Waals surface area contributed by atoms with Gasteiger partial charge in [-0.25, -0.2) is 0 Å². The molecule has 1 heterocycles. The van der Waals surface area contributed by atoms with Crippen LogP contribution in [0, 0.1) is 6.92 Å². The van der Waals surface area contributed by atoms with E-state index < -0.39 is 6.10 Å². The highest BCUT2D eigenvalue weighted by atomic mass is 79.9. The normalized spacial score (nSPS) is 12.8. The number of halogens is 3. The van der Waals surface area contributed by atoms with Crippen molar-refractivity contribution in [3.8, 4) is 0 Å². The SMILES string of the molecule is Cc1cc(Br)cc(C(O)c2cc(Cl)c(Br)s2)c1. The molecule has 0 aliphatic heterocycles. The van der Waals surface area contributed by atoms with Gasteiger partial charge in [0.15, 0.2) is 0 Å². The first kappa shape index (κ1) is 13.6. The van der Waals surface area contributed by atoms with Crippen molar-refractivity contribution >= 4 is 54.8 Å². The molecule has 0 amide bonds. The van der Waals surface area contributed by atoms with Gasteiger partial charge in [0.2, 0.25) is 0 Å². The van der Waals surface area contributed by atoms with Gasteiger partial charge < -0.3 is 5.11 Å². The van der Waals surface area contributed by atoms with E-state index in [1.165, 1.54) is 11.3 Å². The molecule has 0 saturated heterocycles. The monoisotopic (exact) mass is 394 g/mol. The van der Waals surface area contributed by atoms with Gasteiger partial charge in [0.1, 0.15) is 6.10 Å². The van der Waals surface area contributed by atoms with Gasteiger partial charge in [-0.1, -0.05) is 33.6 Å². The average molecular weight is 397 g/mol. The van der Waals surface area contributed by atoms with Crippen LogP contribution in [0.2, 0.25) is 5.02 Å². The minimum Gasteiger partial charge on any atom is -0.383 e. The van der Waals surface area contributed by atoms with E-state index in [9.17, 15) is 5.11 Å². The van der Waals surface area contributed by atoms with Gasteiger partial charge in [-0.05, 0) is 52.2 Å². The Hall–Kier alpha value is 0.130. The first-order valence-electron chi connectivity index (χ1n) is 4.87. The summed E-state index contributed by atoms with van der Waals surface area (Å²) in [5.41, 5.74) is 1.97. The number of hydrogen-bond acceptors (Lipinski definition) is 2. The Morgan fingerprint density at radius 1 is 1.24 bits per heavy atom. The maximum absolute atomic E-state index is 10.3. The van der Waals surface area contributed by atoms with Gasteiger partial charge in [-0.3, -0.25) is 0 Å². The summed E-state index contributed by atoms with van der Waals surface area (Å²) in [5.74, 6) is 0. The molecule has 1 nitrogen and oxygen atoms in total. The zero-order valence-corrected chi connectivity index (χ0v) is 13.6. The predicted molar refractivity (Wildman–Crippen MR) is 80.0 cm³/mol. The van der Waals surface area contributed by atoms with Crippen LogP contribution in [-0.4, -0.2) is 5.11 Å². The number of rotatable bonds is 2. The minimum atomic E-state index is -0.639. The standard InChI is InChI=1S/C12H9Br2ClOS/c1-6-2-7(4-8(13)3-6)11(16)10-5-9(15)12(14)17-10/h2-5,11,16H,1H3. The molecule has 1 unspecified atom stereocenters. The number of benzene rings is 1. The zero-order valence-electron chi connectivity index (χ0n) is 8.88. The van der Waals surface area contributed by atoms with E-state index in [0.717, 1.165) is 24.3 Å². The van der Waals surface area contributed by atoms with Gasteiger partial charge in [-0.2, -0.15) is 0 Å². The van der Waals surface area contributed by atoms with E-state index in [4.69, 9.17) is 11.6 Å². The second-order valence-electron chi connectivity index (χ2n) is 3.73. The van der Waals surface area contributed by atoms with Crippen molar-refractivity contribution in [2.75, 3.05) is 0 Å². The Bertz CT molecular complexity index is 514. The maximum atomic E-state index is 10.3. The molecule has 2 rings (SSSR count). The molecule has 0 aliphatic rings. The van der Waals surface area contributed by atoms with Crippen LogP contribution < -0.4 is 0 Å². The fourth-order valence-electron chi connectivity index (χ4n) is 1.58. The molecule has 2 aromatic rings. The molecule has 0 aliphatic carbocycles. The summed E-state index contributed by atoms with van der Waals surface area (Å²) in [6.07, 6.45) is -0.639. The molecule has 0 bridgehead atoms. The molecule has 0 saturated carbocycles. The Morgan fingerprint density at radius 3 is 2.47 bits per heavy atom. The third-order valence-electron chi connectivity index (χ3n) is 2.31. The Balaban J connectivity index is 2.39. The van der Waals surface area contributed by atoms with Crippen LogP contribution in [0.15, 0.2) is 32.5 Å². The summed E-state index contributed by atoms with van der Waals surface area (Å²) < 4.78 is 1.81. The fourth-order valence-corrected chi connectivity index (χ4v) is 3.97. The lowest BCUT2D eigenvalue weighted by atomic mass is 10.1. The molecular weight excluding hydrogens is 387 g/mol. The number of aliphatic hydroxyl groups is 1. The molecular formula is C12H9Br2ClOS. The van der Waals surface area contributed by atoms with Gasteiger partial charge in [0.05, 0.1) is 8.81 Å². The number of aliphatic hydroxyl groups excluding tert-OH is 1. The van der Waals surface area contributed by atoms with Crippen molar-refractivity contribution in [3.63, 3.8) is 0 Å². The van der Waals surface area contributed by atoms with Crippen molar-refractivity contribution in [1.29, 1.82) is 0 Å². The lowest BCUT2D eigenvalue weighted by Gasteiger charge is -2.10. The molecule has 17 heavy (non-hydrogen) atoms. The van der Waals surface area contributed by atoms with E-state index in [0.29, 0.717) is 5.02 Å². The van der Waals surface area contributed by atoms with Gasteiger partial charge in [-0.15, -0.1) is 11.3 Å². The average Bonchev–Trinajstić information content (AvgIpc) is 2.57. The van der Waals surface area contributed by atoms with E-state index in [2.05, 4.69) is 31.9 Å². The molecule has 90 valence electrons. The summed E-state index contributed by atoms with van der Waals surface area (Å²) in [4.78, 5) is 0.833. The van der Waals surface area contributed by atoms with Crippen LogP contribution in [-0.2, 0) is 0 Å². The summed E-state index contributed by atoms with van der Waals surface area (Å²) >= 11 is 14.2. The summed E-state index contributed by atoms with van der Waals surface area (Å²) in [6.45, 7) is 2.00. The number of hydrogen-bond donors (Lipinski definition) is 1. The van der Waals surface area contributed by atoms with Crippen molar-refractivity contribution in [3.05, 3.63) is 53.6 Å². The summed E-state index contributed by atoms with van der Waals surface area (Å²) in [5, 5.41) is 10.9. The van der Waals surface area contributed by atoms with Crippen LogP contribution >= 0.6 is 54.8 Å². The molecule has 0 spiro atoms. The van der Waals surface area contributed by atoms with Crippen molar-refractivity contribution < 1.29 is 5.11 Å². The van der Waals surface area contributed by atoms with Crippen LogP contribution in [0.1, 0.15) is 22.1 Å². The lowest BCUT2D eigenvalue weighted by Crippen LogP contribution is -1.97. The molecule has 1 aromatic carbocycles. The Kier molecular flexibility index (Phi) is 4.31. The molecule has 1 atom stereocenters. The second kappa shape index (κ2) is 5.41. The highest BCUT2D eigenvalue weighted by molar-refractivity contribution is 9.11. The second-order valence-corrected chi connectivity index (χ2v) is 7.46. The first-order chi connectivity index (χ1) is 7.97. The zero-order chi connectivity index (χ0) is 12.6. The van der Waals surface area contributed by atoms with E-state index >= 15 is 0 Å². The van der Waals surface area contributed by atoms with E-state index in [1.54, 1.807) is 6.07 Å². The number of thiophene rings is 1. The lowest BCUT2D eigenvalue weighted by molar-refractivity contribution is 0.224. The topological polar surface area (TPSA) is 20.2 Å². The third kappa shape index (κ3) is 3.12. The predicted octanol–water partition coefficient (Wildman–Crippen LogP) is 5.32. The van der Waals surface area contributed by atoms with Crippen LogP contribution in [0.5, 0.6) is 0 Å². The van der Waals surface area contributed by atoms with Gasteiger partial charge in [0.25, 0.3) is 0 Å². The highest BCUT2D eigenvalue weighted by Gasteiger charge is 2.15. The van der Waals surface area contributed by atoms with Crippen molar-refractivity contribution in [2.45, 2.75) is 13.0 Å². The Morgan fingerprint density at radius 2 is 1.94 bits per heavy atom. The molecule has 0 fully saturated rings. The summed E-state index contributed by atoms with van der Waals surface area (Å²) in [7, 11) is 0. The van der Waals surface area contributed by atoms with Crippen molar-refractivity contribution in [2.24, 2.45) is 0 Å². The van der Waals surface area contributed by atoms with Gasteiger partial charge >= 0.3 is 0 Å². The molecule has 5 heteroatoms. The van der Waals surface area contributed by atoms with Crippen molar-refractivity contribution in [1.82, 2.24) is 0 Å². The minimum absolute atomic E-state index is 0.635. The highest BCUT2D eigenvalue weighted by Crippen LogP contribution is 2.37. The quantitative estimate of drug-likeness (QED) is 0.729. The first-order valence-corrected chi connectivity index (χ1v) is 7.65. The molecule has 0 radical (unpaired) electrons. The summed E-state index contributed by atoms with van der Waals surface area (Å²) in [6, 6.07) is 7.68. The van der Waals surface area contributed by atoms with E-state index in [-0.39, 0.29) is 0 Å². The smallest absolute Gasteiger partial charge is 0.113 e. The Labute approximate surface area is 126 Å². The third-order valence-corrected chi connectivity index (χ3v) is 5.30. The van der Waals surface area contributed by atoms with Crippen LogP contribution in [0.25, 0.3) is 0 Å². The van der Waals surface area contributed by atoms with E-state index in [1.807, 2.05) is 25.1 Å². The molecule has 1 N–H and O–H groups in total. The fraction of sp³-hybridized carbons (Fsp3) is 0.167.